The van der Waals surface area contributed by atoms with Gasteiger partial charge in [-0.15, -0.1) is 0 Å². The zero-order valence-electron chi connectivity index (χ0n) is 14.8. The molecule has 27 heavy (non-hydrogen) atoms. The summed E-state index contributed by atoms with van der Waals surface area (Å²) in [5.41, 5.74) is 10.2. The van der Waals surface area contributed by atoms with E-state index in [0.717, 1.165) is 35.2 Å². The van der Waals surface area contributed by atoms with Gasteiger partial charge in [0, 0.05) is 17.9 Å². The molecule has 0 saturated heterocycles. The first-order valence-corrected chi connectivity index (χ1v) is 10.3. The number of fused-ring (bicyclic) bond motifs is 2. The predicted octanol–water partition coefficient (Wildman–Crippen LogP) is 1.56. The molecule has 7 nitrogen and oxygen atoms in total. The summed E-state index contributed by atoms with van der Waals surface area (Å²) < 4.78 is 32.9. The van der Waals surface area contributed by atoms with E-state index in [4.69, 9.17) is 10.5 Å². The second kappa shape index (κ2) is 6.95. The van der Waals surface area contributed by atoms with Gasteiger partial charge in [-0.2, -0.15) is 0 Å². The normalized spacial score (nSPS) is 16.1. The molecule has 4 rings (SSSR count). The zero-order chi connectivity index (χ0) is 19.0. The summed E-state index contributed by atoms with van der Waals surface area (Å²) in [6, 6.07) is 10.4. The first-order valence-electron chi connectivity index (χ1n) is 8.82. The molecule has 0 radical (unpaired) electrons. The van der Waals surface area contributed by atoms with Crippen molar-refractivity contribution in [3.05, 3.63) is 53.1 Å². The highest BCUT2D eigenvalue weighted by atomic mass is 32.2. The van der Waals surface area contributed by atoms with Crippen molar-refractivity contribution in [1.29, 1.82) is 0 Å². The molecule has 3 N–H and O–H groups in total. The molecule has 2 aliphatic rings. The van der Waals surface area contributed by atoms with Gasteiger partial charge in [0.15, 0.2) is 0 Å². The minimum atomic E-state index is -3.78. The summed E-state index contributed by atoms with van der Waals surface area (Å²) in [5.74, 6) is -0.297. The third-order valence-electron chi connectivity index (χ3n) is 5.00. The molecular formula is C19H21N3O4S. The molecule has 8 heteroatoms. The summed E-state index contributed by atoms with van der Waals surface area (Å²) in [6.45, 7) is 1.15. The van der Waals surface area contributed by atoms with Crippen molar-refractivity contribution in [2.24, 2.45) is 0 Å². The van der Waals surface area contributed by atoms with E-state index in [1.54, 1.807) is 23.1 Å². The number of rotatable bonds is 4. The molecule has 1 amide bonds. The number of amides is 1. The second-order valence-corrected chi connectivity index (χ2v) is 8.51. The Balaban J connectivity index is 1.49. The number of ether oxygens (including phenoxy) is 1. The van der Waals surface area contributed by atoms with Crippen molar-refractivity contribution in [3.63, 3.8) is 0 Å². The van der Waals surface area contributed by atoms with Crippen molar-refractivity contribution in [2.75, 3.05) is 23.7 Å². The lowest BCUT2D eigenvalue weighted by atomic mass is 10.00. The molecular weight excluding hydrogens is 366 g/mol. The van der Waals surface area contributed by atoms with Crippen molar-refractivity contribution < 1.29 is 17.9 Å². The van der Waals surface area contributed by atoms with E-state index in [1.807, 2.05) is 12.1 Å². The van der Waals surface area contributed by atoms with Crippen molar-refractivity contribution in [1.82, 2.24) is 4.72 Å². The number of hydrogen-bond donors (Lipinski definition) is 2. The molecule has 0 unspecified atom stereocenters. The fraction of sp³-hybridized carbons (Fsp3) is 0.316. The Labute approximate surface area is 158 Å². The highest BCUT2D eigenvalue weighted by Gasteiger charge is 2.25. The van der Waals surface area contributed by atoms with E-state index < -0.39 is 10.0 Å². The number of anilines is 2. The summed E-state index contributed by atoms with van der Waals surface area (Å²) in [6.07, 6.45) is 1.61. The monoisotopic (exact) mass is 387 g/mol. The van der Waals surface area contributed by atoms with Gasteiger partial charge in [-0.05, 0) is 53.8 Å². The number of carbonyl (C=O) groups is 1. The molecule has 142 valence electrons. The fourth-order valence-corrected chi connectivity index (χ4v) is 4.59. The minimum absolute atomic E-state index is 0.142. The van der Waals surface area contributed by atoms with Gasteiger partial charge in [0.2, 0.25) is 15.9 Å². The molecule has 0 saturated carbocycles. The van der Waals surface area contributed by atoms with Crippen molar-refractivity contribution >= 4 is 27.3 Å². The van der Waals surface area contributed by atoms with E-state index in [0.29, 0.717) is 25.4 Å². The van der Waals surface area contributed by atoms with Gasteiger partial charge in [0.1, 0.15) is 0 Å². The van der Waals surface area contributed by atoms with Gasteiger partial charge in [-0.3, -0.25) is 4.79 Å². The Morgan fingerprint density at radius 2 is 2.00 bits per heavy atom. The number of carbonyl (C=O) groups excluding carboxylic acids is 1. The van der Waals surface area contributed by atoms with Crippen LogP contribution in [0.5, 0.6) is 0 Å². The van der Waals surface area contributed by atoms with Crippen LogP contribution < -0.4 is 15.4 Å². The Morgan fingerprint density at radius 3 is 2.85 bits per heavy atom. The maximum atomic E-state index is 12.7. The van der Waals surface area contributed by atoms with Crippen LogP contribution in [0.1, 0.15) is 23.1 Å². The van der Waals surface area contributed by atoms with Crippen LogP contribution in [0.2, 0.25) is 0 Å². The smallest absolute Gasteiger partial charge is 0.242 e. The van der Waals surface area contributed by atoms with Crippen molar-refractivity contribution in [3.8, 4) is 0 Å². The average Bonchev–Trinajstić information content (AvgIpc) is 3.14. The number of nitrogen functional groups attached to an aromatic ring is 1. The minimum Gasteiger partial charge on any atom is -0.398 e. The SMILES string of the molecule is Nc1cccc2c1CCCN2C(=O)CNS(=O)(=O)c1ccc2c(c1)COC2. The molecule has 2 aromatic rings. The summed E-state index contributed by atoms with van der Waals surface area (Å²) in [7, 11) is -3.78. The predicted molar refractivity (Wildman–Crippen MR) is 102 cm³/mol. The average molecular weight is 387 g/mol. The van der Waals surface area contributed by atoms with Crippen LogP contribution in [0.15, 0.2) is 41.3 Å². The molecule has 0 fully saturated rings. The van der Waals surface area contributed by atoms with Gasteiger partial charge < -0.3 is 15.4 Å². The molecule has 2 aromatic carbocycles. The highest BCUT2D eigenvalue weighted by molar-refractivity contribution is 7.89. The molecule has 0 aromatic heterocycles. The number of nitrogens with two attached hydrogens (primary N) is 1. The number of nitrogens with zero attached hydrogens (tertiary/aromatic N) is 1. The van der Waals surface area contributed by atoms with Gasteiger partial charge >= 0.3 is 0 Å². The maximum Gasteiger partial charge on any atom is 0.242 e. The maximum absolute atomic E-state index is 12.7. The Morgan fingerprint density at radius 1 is 1.19 bits per heavy atom. The summed E-state index contributed by atoms with van der Waals surface area (Å²) in [5, 5.41) is 0. The zero-order valence-corrected chi connectivity index (χ0v) is 15.6. The lowest BCUT2D eigenvalue weighted by Gasteiger charge is -2.30. The van der Waals surface area contributed by atoms with Gasteiger partial charge in [0.25, 0.3) is 0 Å². The Bertz CT molecular complexity index is 1000. The molecule has 0 bridgehead atoms. The molecule has 0 atom stereocenters. The quantitative estimate of drug-likeness (QED) is 0.775. The van der Waals surface area contributed by atoms with Crippen LogP contribution in [-0.4, -0.2) is 27.4 Å². The number of nitrogens with one attached hydrogen (secondary N) is 1. The fourth-order valence-electron chi connectivity index (χ4n) is 3.56. The number of hydrogen-bond acceptors (Lipinski definition) is 5. The second-order valence-electron chi connectivity index (χ2n) is 6.74. The van der Waals surface area contributed by atoms with Crippen LogP contribution in [0.3, 0.4) is 0 Å². The molecule has 2 heterocycles. The van der Waals surface area contributed by atoms with E-state index in [2.05, 4.69) is 4.72 Å². The Hall–Kier alpha value is -2.42. The number of benzene rings is 2. The van der Waals surface area contributed by atoms with Gasteiger partial charge in [-0.1, -0.05) is 12.1 Å². The summed E-state index contributed by atoms with van der Waals surface area (Å²) >= 11 is 0. The van der Waals surface area contributed by atoms with Crippen LogP contribution in [0.4, 0.5) is 11.4 Å². The van der Waals surface area contributed by atoms with E-state index in [1.165, 1.54) is 6.07 Å². The molecule has 0 aliphatic carbocycles. The Kier molecular flexibility index (Phi) is 4.63. The van der Waals surface area contributed by atoms with Crippen LogP contribution >= 0.6 is 0 Å². The third-order valence-corrected chi connectivity index (χ3v) is 6.40. The highest BCUT2D eigenvalue weighted by Crippen LogP contribution is 2.31. The summed E-state index contributed by atoms with van der Waals surface area (Å²) in [4.78, 5) is 14.4. The lowest BCUT2D eigenvalue weighted by Crippen LogP contribution is -2.42. The van der Waals surface area contributed by atoms with E-state index in [9.17, 15) is 13.2 Å². The van der Waals surface area contributed by atoms with Gasteiger partial charge in [-0.25, -0.2) is 13.1 Å². The largest absolute Gasteiger partial charge is 0.398 e. The first-order chi connectivity index (χ1) is 13.0. The lowest BCUT2D eigenvalue weighted by molar-refractivity contribution is -0.117. The molecule has 2 aliphatic heterocycles. The van der Waals surface area contributed by atoms with E-state index in [-0.39, 0.29) is 17.3 Å². The third kappa shape index (κ3) is 3.43. The van der Waals surface area contributed by atoms with Crippen LogP contribution in [0, 0.1) is 0 Å². The molecule has 0 spiro atoms. The number of sulfonamides is 1. The topological polar surface area (TPSA) is 102 Å². The van der Waals surface area contributed by atoms with Crippen LogP contribution in [-0.2, 0) is 39.2 Å². The van der Waals surface area contributed by atoms with Gasteiger partial charge in [0.05, 0.1) is 24.7 Å². The van der Waals surface area contributed by atoms with Crippen LogP contribution in [0.25, 0.3) is 0 Å². The van der Waals surface area contributed by atoms with E-state index >= 15 is 0 Å². The van der Waals surface area contributed by atoms with Crippen molar-refractivity contribution in [2.45, 2.75) is 31.0 Å². The first kappa shape index (κ1) is 18.0. The standard InChI is InChI=1S/C19H21N3O4S/c20-17-4-1-5-18-16(17)3-2-8-22(18)19(23)10-21-27(24,25)15-7-6-13-11-26-12-14(13)9-15/h1,4-7,9,21H,2-3,8,10-12,20H2.